The molecule has 2 rings (SSSR count). The first-order valence-electron chi connectivity index (χ1n) is 7.95. The van der Waals surface area contributed by atoms with Crippen molar-refractivity contribution >= 4 is 23.9 Å². The van der Waals surface area contributed by atoms with Gasteiger partial charge in [0.2, 0.25) is 11.8 Å². The topological polar surface area (TPSA) is 126 Å². The van der Waals surface area contributed by atoms with Crippen molar-refractivity contribution in [3.05, 3.63) is 30.1 Å². The largest absolute Gasteiger partial charge is 0.450 e. The van der Waals surface area contributed by atoms with Gasteiger partial charge in [-0.1, -0.05) is 13.3 Å². The van der Waals surface area contributed by atoms with Gasteiger partial charge < -0.3 is 10.1 Å². The molecule has 0 bridgehead atoms. The number of carbonyl (C=O) groups excluding carboxylic acids is 4. The van der Waals surface area contributed by atoms with Gasteiger partial charge in [-0.05, 0) is 31.0 Å². The Labute approximate surface area is 144 Å². The van der Waals surface area contributed by atoms with Gasteiger partial charge in [-0.25, -0.2) is 9.59 Å². The fraction of sp³-hybridized carbons (Fsp3) is 0.438. The predicted octanol–water partition coefficient (Wildman–Crippen LogP) is 1.02. The van der Waals surface area contributed by atoms with Crippen LogP contribution in [0.15, 0.2) is 24.5 Å². The van der Waals surface area contributed by atoms with E-state index in [1.54, 1.807) is 26.0 Å². The van der Waals surface area contributed by atoms with Crippen LogP contribution in [0, 0.1) is 5.41 Å². The van der Waals surface area contributed by atoms with Gasteiger partial charge in [0, 0.05) is 12.4 Å². The first-order valence-corrected chi connectivity index (χ1v) is 7.95. The van der Waals surface area contributed by atoms with Crippen molar-refractivity contribution in [2.75, 3.05) is 6.61 Å². The number of alkyl carbamates (subject to hydrolysis) is 1. The SMILES string of the molecule is CCCC1(C(NC(=O)OCC)c2ccncc2)C(=O)NC(=O)NC1=O. The fourth-order valence-corrected chi connectivity index (χ4v) is 2.93. The predicted molar refractivity (Wildman–Crippen MR) is 86.2 cm³/mol. The molecule has 0 aliphatic carbocycles. The normalized spacial score (nSPS) is 17.3. The summed E-state index contributed by atoms with van der Waals surface area (Å²) in [6.07, 6.45) is 2.80. The lowest BCUT2D eigenvalue weighted by atomic mass is 9.71. The first kappa shape index (κ1) is 18.4. The standard InChI is InChI=1S/C16H20N4O5/c1-3-7-16(12(21)19-14(23)20-13(16)22)11(18-15(24)25-4-2)10-5-8-17-9-6-10/h5-6,8-9,11H,3-4,7H2,1-2H3,(H,18,24)(H2,19,20,21,22,23). The van der Waals surface area contributed by atoms with Crippen molar-refractivity contribution in [3.8, 4) is 0 Å². The van der Waals surface area contributed by atoms with Gasteiger partial charge in [0.25, 0.3) is 0 Å². The Morgan fingerprint density at radius 1 is 1.20 bits per heavy atom. The van der Waals surface area contributed by atoms with Gasteiger partial charge in [0.05, 0.1) is 12.6 Å². The van der Waals surface area contributed by atoms with Crippen LogP contribution in [0.5, 0.6) is 0 Å². The minimum atomic E-state index is -1.68. The quantitative estimate of drug-likeness (QED) is 0.659. The monoisotopic (exact) mass is 348 g/mol. The number of ether oxygens (including phenoxy) is 1. The number of urea groups is 1. The number of amides is 5. The molecule has 1 aliphatic rings. The zero-order chi connectivity index (χ0) is 18.4. The molecule has 0 aromatic carbocycles. The summed E-state index contributed by atoms with van der Waals surface area (Å²) in [7, 11) is 0. The van der Waals surface area contributed by atoms with Crippen LogP contribution >= 0.6 is 0 Å². The highest BCUT2D eigenvalue weighted by molar-refractivity contribution is 6.19. The summed E-state index contributed by atoms with van der Waals surface area (Å²) in [6.45, 7) is 3.57. The highest BCUT2D eigenvalue weighted by Gasteiger charge is 2.56. The molecule has 1 saturated heterocycles. The van der Waals surface area contributed by atoms with E-state index in [0.717, 1.165) is 0 Å². The summed E-state index contributed by atoms with van der Waals surface area (Å²) in [5, 5.41) is 6.83. The van der Waals surface area contributed by atoms with E-state index in [2.05, 4.69) is 20.9 Å². The lowest BCUT2D eigenvalue weighted by Crippen LogP contribution is -2.66. The van der Waals surface area contributed by atoms with Gasteiger partial charge in [-0.15, -0.1) is 0 Å². The molecule has 1 aromatic rings. The lowest BCUT2D eigenvalue weighted by Gasteiger charge is -2.40. The van der Waals surface area contributed by atoms with E-state index in [1.807, 2.05) is 0 Å². The minimum absolute atomic E-state index is 0.122. The Kier molecular flexibility index (Phi) is 5.68. The van der Waals surface area contributed by atoms with Crippen LogP contribution in [0.1, 0.15) is 38.3 Å². The van der Waals surface area contributed by atoms with E-state index in [0.29, 0.717) is 12.0 Å². The van der Waals surface area contributed by atoms with Crippen LogP contribution in [-0.2, 0) is 14.3 Å². The highest BCUT2D eigenvalue weighted by Crippen LogP contribution is 2.40. The number of hydrogen-bond donors (Lipinski definition) is 3. The van der Waals surface area contributed by atoms with Gasteiger partial charge in [0.1, 0.15) is 0 Å². The van der Waals surface area contributed by atoms with Gasteiger partial charge in [-0.3, -0.25) is 25.2 Å². The molecule has 1 fully saturated rings. The molecule has 1 aliphatic heterocycles. The number of nitrogens with one attached hydrogen (secondary N) is 3. The summed E-state index contributed by atoms with van der Waals surface area (Å²) < 4.78 is 4.90. The molecule has 0 saturated carbocycles. The second-order valence-corrected chi connectivity index (χ2v) is 5.54. The Morgan fingerprint density at radius 3 is 2.32 bits per heavy atom. The number of pyridine rings is 1. The van der Waals surface area contributed by atoms with Crippen molar-refractivity contribution in [2.45, 2.75) is 32.7 Å². The molecule has 25 heavy (non-hydrogen) atoms. The number of imide groups is 2. The third-order valence-electron chi connectivity index (χ3n) is 3.98. The molecule has 1 aromatic heterocycles. The van der Waals surface area contributed by atoms with Crippen LogP contribution in [0.4, 0.5) is 9.59 Å². The van der Waals surface area contributed by atoms with Crippen molar-refractivity contribution in [3.63, 3.8) is 0 Å². The van der Waals surface area contributed by atoms with Gasteiger partial charge in [-0.2, -0.15) is 0 Å². The Morgan fingerprint density at radius 2 is 1.80 bits per heavy atom. The molecule has 3 N–H and O–H groups in total. The van der Waals surface area contributed by atoms with Gasteiger partial charge >= 0.3 is 12.1 Å². The first-order chi connectivity index (χ1) is 12.0. The number of rotatable bonds is 6. The highest BCUT2D eigenvalue weighted by atomic mass is 16.5. The Balaban J connectivity index is 2.53. The minimum Gasteiger partial charge on any atom is -0.450 e. The molecule has 5 amide bonds. The van der Waals surface area contributed by atoms with Crippen molar-refractivity contribution in [1.29, 1.82) is 0 Å². The average Bonchev–Trinajstić information content (AvgIpc) is 2.57. The number of hydrogen-bond acceptors (Lipinski definition) is 6. The molecular formula is C16H20N4O5. The molecular weight excluding hydrogens is 328 g/mol. The number of barbiturate groups is 1. The zero-order valence-corrected chi connectivity index (χ0v) is 14.0. The summed E-state index contributed by atoms with van der Waals surface area (Å²) in [6, 6.07) is 1.27. The van der Waals surface area contributed by atoms with E-state index in [-0.39, 0.29) is 13.0 Å². The van der Waals surface area contributed by atoms with E-state index >= 15 is 0 Å². The number of aromatic nitrogens is 1. The van der Waals surface area contributed by atoms with E-state index in [4.69, 9.17) is 4.74 Å². The maximum atomic E-state index is 12.7. The maximum absolute atomic E-state index is 12.7. The van der Waals surface area contributed by atoms with Crippen LogP contribution in [0.2, 0.25) is 0 Å². The fourth-order valence-electron chi connectivity index (χ4n) is 2.93. The van der Waals surface area contributed by atoms with Crippen LogP contribution in [-0.4, -0.2) is 35.5 Å². The van der Waals surface area contributed by atoms with Crippen LogP contribution < -0.4 is 16.0 Å². The third kappa shape index (κ3) is 3.59. The maximum Gasteiger partial charge on any atom is 0.407 e. The summed E-state index contributed by atoms with van der Waals surface area (Å²) in [4.78, 5) is 52.8. The van der Waals surface area contributed by atoms with Crippen molar-refractivity contribution in [1.82, 2.24) is 20.9 Å². The molecule has 2 heterocycles. The Hall–Kier alpha value is -2.97. The van der Waals surface area contributed by atoms with Crippen molar-refractivity contribution < 1.29 is 23.9 Å². The third-order valence-corrected chi connectivity index (χ3v) is 3.98. The summed E-state index contributed by atoms with van der Waals surface area (Å²) >= 11 is 0. The second-order valence-electron chi connectivity index (χ2n) is 5.54. The van der Waals surface area contributed by atoms with Crippen molar-refractivity contribution in [2.24, 2.45) is 5.41 Å². The summed E-state index contributed by atoms with van der Waals surface area (Å²) in [5.41, 5.74) is -1.19. The number of nitrogens with zero attached hydrogens (tertiary/aromatic N) is 1. The molecule has 134 valence electrons. The average molecular weight is 348 g/mol. The van der Waals surface area contributed by atoms with E-state index in [1.165, 1.54) is 12.4 Å². The molecule has 1 atom stereocenters. The van der Waals surface area contributed by atoms with E-state index in [9.17, 15) is 19.2 Å². The van der Waals surface area contributed by atoms with Gasteiger partial charge in [0.15, 0.2) is 5.41 Å². The Bertz CT molecular complexity index is 656. The molecule has 9 heteroatoms. The van der Waals surface area contributed by atoms with Crippen LogP contribution in [0.25, 0.3) is 0 Å². The second kappa shape index (κ2) is 7.73. The van der Waals surface area contributed by atoms with Crippen LogP contribution in [0.3, 0.4) is 0 Å². The zero-order valence-electron chi connectivity index (χ0n) is 14.0. The summed E-state index contributed by atoms with van der Waals surface area (Å²) in [5.74, 6) is -1.52. The smallest absolute Gasteiger partial charge is 0.407 e. The molecule has 0 radical (unpaired) electrons. The lowest BCUT2D eigenvalue weighted by molar-refractivity contribution is -0.147. The molecule has 9 nitrogen and oxygen atoms in total. The molecule has 0 spiro atoms. The molecule has 1 unspecified atom stereocenters. The van der Waals surface area contributed by atoms with E-state index < -0.39 is 35.4 Å². The number of carbonyl (C=O) groups is 4.